The maximum Gasteiger partial charge on any atom is 0.308 e. The Hall–Kier alpha value is -1.98. The van der Waals surface area contributed by atoms with Crippen molar-refractivity contribution in [3.8, 4) is 0 Å². The number of likely N-dealkylation sites (N-methyl/N-ethyl adjacent to an activating group) is 1. The lowest BCUT2D eigenvalue weighted by Crippen LogP contribution is -2.65. The van der Waals surface area contributed by atoms with Crippen molar-refractivity contribution in [3.63, 3.8) is 0 Å². The summed E-state index contributed by atoms with van der Waals surface area (Å²) in [5, 5.41) is 65.3. The maximum atomic E-state index is 13.5. The van der Waals surface area contributed by atoms with E-state index in [1.165, 1.54) is 27.2 Å². The van der Waals surface area contributed by atoms with Gasteiger partial charge in [0.2, 0.25) is 0 Å². The predicted octanol–water partition coefficient (Wildman–Crippen LogP) is 0.601. The van der Waals surface area contributed by atoms with Crippen molar-refractivity contribution in [1.82, 2.24) is 4.90 Å². The van der Waals surface area contributed by atoms with Crippen LogP contribution in [0, 0.1) is 17.8 Å². The minimum Gasteiger partial charge on any atom is -0.462 e. The number of carbonyl (C=O) groups excluding carboxylic acids is 2. The van der Waals surface area contributed by atoms with E-state index in [4.69, 9.17) is 42.6 Å². The van der Waals surface area contributed by atoms with Gasteiger partial charge in [0.05, 0.1) is 55.2 Å². The summed E-state index contributed by atoms with van der Waals surface area (Å²) in [4.78, 5) is 28.6. The molecule has 0 aromatic rings. The van der Waals surface area contributed by atoms with Crippen LogP contribution in [-0.2, 0) is 52.2 Å². The van der Waals surface area contributed by atoms with Gasteiger partial charge in [-0.2, -0.15) is 0 Å². The van der Waals surface area contributed by atoms with Crippen LogP contribution in [-0.4, -0.2) is 193 Å². The second kappa shape index (κ2) is 23.3. The number of aliphatic hydroxyl groups is 6. The normalized spacial score (nSPS) is 46.0. The maximum absolute atomic E-state index is 13.5. The summed E-state index contributed by atoms with van der Waals surface area (Å²) < 4.78 is 53.9. The lowest BCUT2D eigenvalue weighted by Gasteiger charge is -2.49. The summed E-state index contributed by atoms with van der Waals surface area (Å²) in [6, 6.07) is -0.717. The Labute approximate surface area is 360 Å². The first-order valence-corrected chi connectivity index (χ1v) is 21.5. The molecule has 0 spiro atoms. The molecule has 4 aliphatic heterocycles. The van der Waals surface area contributed by atoms with E-state index in [-0.39, 0.29) is 44.7 Å². The van der Waals surface area contributed by atoms with E-state index in [0.29, 0.717) is 0 Å². The summed E-state index contributed by atoms with van der Waals surface area (Å²) in [5.41, 5.74) is -1.48. The van der Waals surface area contributed by atoms with Gasteiger partial charge in [0, 0.05) is 45.5 Å². The van der Waals surface area contributed by atoms with E-state index >= 15 is 0 Å². The topological polar surface area (TPSA) is 242 Å². The van der Waals surface area contributed by atoms with Crippen LogP contribution in [0.15, 0.2) is 24.3 Å². The zero-order valence-corrected chi connectivity index (χ0v) is 37.4. The third kappa shape index (κ3) is 13.5. The third-order valence-corrected chi connectivity index (χ3v) is 12.5. The first-order valence-electron chi connectivity index (χ1n) is 21.5. The van der Waals surface area contributed by atoms with Gasteiger partial charge in [0.25, 0.3) is 0 Å². The van der Waals surface area contributed by atoms with Gasteiger partial charge in [-0.1, -0.05) is 25.2 Å². The van der Waals surface area contributed by atoms with E-state index in [2.05, 4.69) is 0 Å². The van der Waals surface area contributed by atoms with Gasteiger partial charge in [0.1, 0.15) is 42.7 Å². The van der Waals surface area contributed by atoms with Crippen LogP contribution in [0.5, 0.6) is 0 Å². The van der Waals surface area contributed by atoms with Gasteiger partial charge in [-0.15, -0.1) is 0 Å². The molecule has 15 unspecified atom stereocenters. The fourth-order valence-corrected chi connectivity index (χ4v) is 8.81. The minimum absolute atomic E-state index is 0.00700. The highest BCUT2D eigenvalue weighted by Gasteiger charge is 2.51. The molecule has 0 bridgehead atoms. The summed E-state index contributed by atoms with van der Waals surface area (Å²) in [5.74, 6) is -2.49. The zero-order chi connectivity index (χ0) is 45.3. The van der Waals surface area contributed by atoms with E-state index < -0.39 is 134 Å². The molecule has 0 aromatic heterocycles. The van der Waals surface area contributed by atoms with Gasteiger partial charge in [-0.05, 0) is 73.5 Å². The average Bonchev–Trinajstić information content (AvgIpc) is 3.18. The van der Waals surface area contributed by atoms with Gasteiger partial charge < -0.3 is 78.2 Å². The van der Waals surface area contributed by atoms with Crippen LogP contribution in [0.1, 0.15) is 73.6 Å². The molecule has 352 valence electrons. The molecule has 0 aliphatic carbocycles. The van der Waals surface area contributed by atoms with Gasteiger partial charge in [-0.3, -0.25) is 9.59 Å². The first kappa shape index (κ1) is 51.7. The van der Waals surface area contributed by atoms with Gasteiger partial charge in [0.15, 0.2) is 24.7 Å². The quantitative estimate of drug-likeness (QED) is 0.147. The van der Waals surface area contributed by atoms with Crippen LogP contribution in [0.4, 0.5) is 0 Å². The Balaban J connectivity index is 1.53. The molecule has 18 nitrogen and oxygen atoms in total. The summed E-state index contributed by atoms with van der Waals surface area (Å²) in [6.45, 7) is 9.76. The molecule has 6 N–H and O–H groups in total. The molecular weight excluding hydrogens is 802 g/mol. The molecule has 0 radical (unpaired) electrons. The number of hydrogen-bond acceptors (Lipinski definition) is 18. The van der Waals surface area contributed by atoms with Crippen molar-refractivity contribution < 1.29 is 82.9 Å². The second-order valence-corrected chi connectivity index (χ2v) is 17.6. The number of esters is 1. The van der Waals surface area contributed by atoms with Crippen molar-refractivity contribution in [1.29, 1.82) is 0 Å². The number of carbonyl (C=O) groups is 2. The van der Waals surface area contributed by atoms with Crippen LogP contribution in [0.2, 0.25) is 0 Å². The highest BCUT2D eigenvalue weighted by molar-refractivity contribution is 5.91. The lowest BCUT2D eigenvalue weighted by atomic mass is 9.84. The number of allylic oxidation sites excluding steroid dienone is 3. The number of hydrogen-bond donors (Lipinski definition) is 6. The molecular formula is C43H73NO17. The Morgan fingerprint density at radius 2 is 1.49 bits per heavy atom. The lowest BCUT2D eigenvalue weighted by molar-refractivity contribution is -0.340. The summed E-state index contributed by atoms with van der Waals surface area (Å²) in [7, 11) is 6.43. The smallest absolute Gasteiger partial charge is 0.308 e. The Morgan fingerprint density at radius 3 is 2.11 bits per heavy atom. The summed E-state index contributed by atoms with van der Waals surface area (Å²) in [6.07, 6.45) is -7.46. The zero-order valence-electron chi connectivity index (χ0n) is 37.4. The monoisotopic (exact) mass is 875 g/mol. The van der Waals surface area contributed by atoms with Gasteiger partial charge in [-0.25, -0.2) is 0 Å². The minimum atomic E-state index is -1.48. The molecule has 20 atom stereocenters. The first-order chi connectivity index (χ1) is 28.7. The SMILES string of the molecule is COC1C(OC[C@H]2/C=C/C=C/C(=O)[C@H](C)CC(CCO)[C@H](OC3OC(C)C(OC4CC(C)(O)C(O)C(C)O4)C(N(C)C)C3O)C[C@H](O)CC(=O)O[C@@H]2C)OC(C)C(O)C1OC. The molecule has 3 saturated heterocycles. The number of ether oxygens (including phenoxy) is 9. The molecule has 18 heteroatoms. The molecule has 4 heterocycles. The molecule has 61 heavy (non-hydrogen) atoms. The fourth-order valence-electron chi connectivity index (χ4n) is 8.81. The number of rotatable bonds is 12. The molecule has 4 aliphatic rings. The number of ketones is 1. The Morgan fingerprint density at radius 1 is 0.820 bits per heavy atom. The van der Waals surface area contributed by atoms with E-state index in [9.17, 15) is 40.2 Å². The van der Waals surface area contributed by atoms with Crippen molar-refractivity contribution in [2.24, 2.45) is 17.8 Å². The Bertz CT molecular complexity index is 1430. The second-order valence-electron chi connectivity index (χ2n) is 17.6. The van der Waals surface area contributed by atoms with Crippen molar-refractivity contribution in [2.45, 2.75) is 177 Å². The van der Waals surface area contributed by atoms with Gasteiger partial charge >= 0.3 is 5.97 Å². The van der Waals surface area contributed by atoms with E-state index in [1.807, 2.05) is 0 Å². The standard InChI is InChI=1S/C43H73NO17/c1-22-17-27(15-16-45)31(60-41-36(50)34(44(7)8)37(25(4)59-41)61-33-20-43(6,52)40(51)26(5)57-33)18-29(46)19-32(48)56-23(2)28(13-11-12-14-30(22)47)21-55-42-39(54-10)38(53-9)35(49)24(3)58-42/h11-14,22-29,31,33-42,45-46,49-52H,15-21H2,1-10H3/b13-11+,14-12+/t22-,23-,24?,25?,26?,27?,28-,29+,31-,33?,34?,35?,36?,37?,38?,39?,40?,41?,42?,43?/m1/s1. The third-order valence-electron chi connectivity index (χ3n) is 12.5. The highest BCUT2D eigenvalue weighted by atomic mass is 16.7. The molecule has 4 rings (SSSR count). The number of cyclic esters (lactones) is 1. The molecule has 0 amide bonds. The number of nitrogens with zero attached hydrogens (tertiary/aromatic N) is 1. The highest BCUT2D eigenvalue weighted by Crippen LogP contribution is 2.36. The van der Waals surface area contributed by atoms with E-state index in [0.717, 1.165) is 0 Å². The molecule has 0 aromatic carbocycles. The largest absolute Gasteiger partial charge is 0.462 e. The predicted molar refractivity (Wildman–Crippen MR) is 218 cm³/mol. The van der Waals surface area contributed by atoms with Crippen LogP contribution in [0.3, 0.4) is 0 Å². The van der Waals surface area contributed by atoms with Crippen molar-refractivity contribution in [3.05, 3.63) is 24.3 Å². The number of methoxy groups -OCH3 is 2. The van der Waals surface area contributed by atoms with Crippen LogP contribution in [0.25, 0.3) is 0 Å². The fraction of sp³-hybridized carbons (Fsp3) is 0.860. The Kier molecular flexibility index (Phi) is 19.7. The van der Waals surface area contributed by atoms with E-state index in [1.54, 1.807) is 71.8 Å². The average molecular weight is 876 g/mol. The van der Waals surface area contributed by atoms with Crippen LogP contribution >= 0.6 is 0 Å². The summed E-state index contributed by atoms with van der Waals surface area (Å²) >= 11 is 0. The van der Waals surface area contributed by atoms with Crippen molar-refractivity contribution in [2.75, 3.05) is 41.5 Å². The van der Waals surface area contributed by atoms with Crippen LogP contribution < -0.4 is 0 Å². The molecule has 0 saturated carbocycles. The van der Waals surface area contributed by atoms with Crippen molar-refractivity contribution >= 4 is 11.8 Å². The molecule has 3 fully saturated rings. The number of aliphatic hydroxyl groups excluding tert-OH is 5.